The molecule has 5 rings (SSSR count). The maximum atomic E-state index is 13.9. The molecule has 45 heavy (non-hydrogen) atoms. The summed E-state index contributed by atoms with van der Waals surface area (Å²) < 4.78 is 81.2. The molecule has 7 nitrogen and oxygen atoms in total. The van der Waals surface area contributed by atoms with Crippen LogP contribution >= 0.6 is 0 Å². The van der Waals surface area contributed by atoms with E-state index in [0.29, 0.717) is 55.6 Å². The van der Waals surface area contributed by atoms with Gasteiger partial charge in [-0.2, -0.15) is 31.3 Å². The molecule has 0 spiro atoms. The van der Waals surface area contributed by atoms with Gasteiger partial charge in [-0.1, -0.05) is 37.3 Å². The van der Waals surface area contributed by atoms with Crippen molar-refractivity contribution in [2.45, 2.75) is 45.1 Å². The zero-order chi connectivity index (χ0) is 32.2. The molecule has 0 bridgehead atoms. The Balaban J connectivity index is 1.40. The van der Waals surface area contributed by atoms with Gasteiger partial charge >= 0.3 is 12.4 Å². The summed E-state index contributed by atoms with van der Waals surface area (Å²) >= 11 is 0. The van der Waals surface area contributed by atoms with Gasteiger partial charge < -0.3 is 15.1 Å². The summed E-state index contributed by atoms with van der Waals surface area (Å²) in [5.74, 6) is -0.747. The first-order chi connectivity index (χ1) is 21.5. The van der Waals surface area contributed by atoms with Crippen LogP contribution in [0.2, 0.25) is 0 Å². The molecular formula is C32H37F6N7. The van der Waals surface area contributed by atoms with Crippen molar-refractivity contribution in [1.82, 2.24) is 19.8 Å². The van der Waals surface area contributed by atoms with Gasteiger partial charge in [-0.05, 0) is 42.7 Å². The molecule has 0 saturated carbocycles. The lowest BCUT2D eigenvalue weighted by Crippen LogP contribution is -2.46. The molecule has 2 aromatic carbocycles. The van der Waals surface area contributed by atoms with Gasteiger partial charge in [-0.15, -0.1) is 0 Å². The Bertz CT molecular complexity index is 1450. The highest BCUT2D eigenvalue weighted by Gasteiger charge is 2.43. The Morgan fingerprint density at radius 2 is 1.53 bits per heavy atom. The lowest BCUT2D eigenvalue weighted by molar-refractivity contribution is -0.158. The summed E-state index contributed by atoms with van der Waals surface area (Å²) in [6.07, 6.45) is -8.30. The quantitative estimate of drug-likeness (QED) is 0.180. The van der Waals surface area contributed by atoms with Crippen molar-refractivity contribution in [3.63, 3.8) is 0 Å². The van der Waals surface area contributed by atoms with Crippen molar-refractivity contribution < 1.29 is 26.3 Å². The highest BCUT2D eigenvalue weighted by atomic mass is 19.4. The Labute approximate surface area is 259 Å². The Morgan fingerprint density at radius 1 is 0.867 bits per heavy atom. The first-order valence-corrected chi connectivity index (χ1v) is 15.1. The number of piperazine rings is 1. The number of aromatic nitrogens is 2. The number of nitrogens with one attached hydrogen (secondary N) is 1. The molecule has 1 aromatic heterocycles. The van der Waals surface area contributed by atoms with Crippen LogP contribution in [0.4, 0.5) is 43.8 Å². The second kappa shape index (κ2) is 13.6. The van der Waals surface area contributed by atoms with Crippen molar-refractivity contribution in [3.05, 3.63) is 77.0 Å². The third-order valence-corrected chi connectivity index (χ3v) is 8.38. The number of hydrogen-bond donors (Lipinski definition) is 1. The van der Waals surface area contributed by atoms with Crippen LogP contribution in [0.5, 0.6) is 0 Å². The van der Waals surface area contributed by atoms with E-state index in [1.165, 1.54) is 31.7 Å². The van der Waals surface area contributed by atoms with Crippen LogP contribution in [0.15, 0.2) is 59.6 Å². The van der Waals surface area contributed by atoms with Crippen LogP contribution in [0.3, 0.4) is 0 Å². The molecule has 0 radical (unpaired) electrons. The minimum absolute atomic E-state index is 0.00206. The van der Waals surface area contributed by atoms with Crippen LogP contribution in [0.25, 0.3) is 0 Å². The number of nitrogens with zero attached hydrogens (tertiary/aromatic N) is 6. The van der Waals surface area contributed by atoms with Gasteiger partial charge in [-0.3, -0.25) is 9.89 Å². The predicted octanol–water partition coefficient (Wildman–Crippen LogP) is 6.58. The van der Waals surface area contributed by atoms with E-state index in [1.807, 2.05) is 18.2 Å². The molecule has 3 aromatic rings. The van der Waals surface area contributed by atoms with E-state index in [4.69, 9.17) is 9.97 Å². The maximum absolute atomic E-state index is 13.9. The summed E-state index contributed by atoms with van der Waals surface area (Å²) in [5, 5.41) is 3.19. The number of benzene rings is 2. The molecule has 1 N–H and O–H groups in total. The smallest absolute Gasteiger partial charge is 0.359 e. The molecule has 242 valence electrons. The van der Waals surface area contributed by atoms with Crippen LogP contribution < -0.4 is 10.2 Å². The van der Waals surface area contributed by atoms with Gasteiger partial charge in [0, 0.05) is 70.5 Å². The topological polar surface area (TPSA) is 59.9 Å². The lowest BCUT2D eigenvalue weighted by Gasteiger charge is -2.35. The Morgan fingerprint density at radius 3 is 2.13 bits per heavy atom. The fraction of sp³-hybridized carbons (Fsp3) is 0.469. The molecule has 0 amide bonds. The maximum Gasteiger partial charge on any atom is 0.416 e. The minimum atomic E-state index is -4.46. The van der Waals surface area contributed by atoms with Crippen LogP contribution in [-0.4, -0.2) is 78.1 Å². The number of aliphatic imine (C=N–C) groups is 1. The standard InChI is InChI=1S/C32H37F6N7/c1-3-26(32(36,37)38)29(39-2)44-15-13-25-27(14-16-44)41-30(42-28(25)40-24-11-9-23(10-12-24)31(33,34)35)45-19-17-43(18-20-45)21-22-7-5-4-6-8-22/h4-12,26H,3,13-21H2,1-2H3,(H,40,41,42). The monoisotopic (exact) mass is 633 g/mol. The number of hydrogen-bond acceptors (Lipinski definition) is 6. The molecule has 3 heterocycles. The molecular weight excluding hydrogens is 596 g/mol. The first-order valence-electron chi connectivity index (χ1n) is 15.1. The number of rotatable bonds is 7. The van der Waals surface area contributed by atoms with Crippen molar-refractivity contribution in [2.75, 3.05) is 56.5 Å². The van der Waals surface area contributed by atoms with Crippen molar-refractivity contribution in [1.29, 1.82) is 0 Å². The average Bonchev–Trinajstić information content (AvgIpc) is 3.23. The number of amidine groups is 1. The van der Waals surface area contributed by atoms with E-state index in [2.05, 4.69) is 32.2 Å². The van der Waals surface area contributed by atoms with E-state index in [1.54, 1.807) is 4.90 Å². The number of anilines is 3. The fourth-order valence-electron chi connectivity index (χ4n) is 5.97. The normalized spacial score (nSPS) is 17.6. The summed E-state index contributed by atoms with van der Waals surface area (Å²) in [6.45, 7) is 5.82. The largest absolute Gasteiger partial charge is 0.416 e. The van der Waals surface area contributed by atoms with E-state index >= 15 is 0 Å². The van der Waals surface area contributed by atoms with Gasteiger partial charge in [0.05, 0.1) is 11.3 Å². The van der Waals surface area contributed by atoms with Crippen LogP contribution in [0, 0.1) is 5.92 Å². The molecule has 13 heteroatoms. The minimum Gasteiger partial charge on any atom is -0.359 e. The van der Waals surface area contributed by atoms with E-state index in [-0.39, 0.29) is 18.8 Å². The zero-order valence-corrected chi connectivity index (χ0v) is 25.3. The van der Waals surface area contributed by atoms with Crippen molar-refractivity contribution in [2.24, 2.45) is 10.9 Å². The molecule has 1 atom stereocenters. The Hall–Kier alpha value is -3.87. The van der Waals surface area contributed by atoms with Gasteiger partial charge in [0.15, 0.2) is 0 Å². The van der Waals surface area contributed by atoms with E-state index in [9.17, 15) is 26.3 Å². The molecule has 2 aliphatic rings. The highest BCUT2D eigenvalue weighted by molar-refractivity contribution is 5.85. The van der Waals surface area contributed by atoms with Gasteiger partial charge in [0.2, 0.25) is 5.95 Å². The number of alkyl halides is 6. The van der Waals surface area contributed by atoms with Crippen LogP contribution in [-0.2, 0) is 25.6 Å². The summed E-state index contributed by atoms with van der Waals surface area (Å²) in [6, 6.07) is 14.9. The first kappa shape index (κ1) is 32.5. The molecule has 0 aliphatic carbocycles. The van der Waals surface area contributed by atoms with Crippen molar-refractivity contribution >= 4 is 23.3 Å². The average molecular weight is 634 g/mol. The third-order valence-electron chi connectivity index (χ3n) is 8.38. The summed E-state index contributed by atoms with van der Waals surface area (Å²) in [4.78, 5) is 19.9. The zero-order valence-electron chi connectivity index (χ0n) is 25.3. The third kappa shape index (κ3) is 7.86. The van der Waals surface area contributed by atoms with Gasteiger partial charge in [-0.25, -0.2) is 4.98 Å². The predicted molar refractivity (Wildman–Crippen MR) is 163 cm³/mol. The lowest BCUT2D eigenvalue weighted by atomic mass is 10.0. The molecule has 1 fully saturated rings. The number of halogens is 6. The summed E-state index contributed by atoms with van der Waals surface area (Å²) in [5.41, 5.74) is 2.33. The summed E-state index contributed by atoms with van der Waals surface area (Å²) in [7, 11) is 1.38. The van der Waals surface area contributed by atoms with Crippen LogP contribution in [0.1, 0.15) is 35.7 Å². The number of fused-ring (bicyclic) bond motifs is 1. The van der Waals surface area contributed by atoms with E-state index in [0.717, 1.165) is 37.3 Å². The SMILES string of the molecule is CCC(C(=NC)N1CCc2nc(N3CCN(Cc4ccccc4)CC3)nc(Nc3ccc(C(F)(F)F)cc3)c2CC1)C(F)(F)F. The highest BCUT2D eigenvalue weighted by Crippen LogP contribution is 2.34. The second-order valence-electron chi connectivity index (χ2n) is 11.3. The van der Waals surface area contributed by atoms with E-state index < -0.39 is 23.8 Å². The van der Waals surface area contributed by atoms with Gasteiger partial charge in [0.25, 0.3) is 0 Å². The molecule has 1 saturated heterocycles. The second-order valence-corrected chi connectivity index (χ2v) is 11.3. The molecule has 1 unspecified atom stereocenters. The Kier molecular flexibility index (Phi) is 9.85. The van der Waals surface area contributed by atoms with Gasteiger partial charge in [0.1, 0.15) is 17.6 Å². The molecule has 2 aliphatic heterocycles. The fourth-order valence-corrected chi connectivity index (χ4v) is 5.97. The van der Waals surface area contributed by atoms with Crippen molar-refractivity contribution in [3.8, 4) is 0 Å².